The first-order valence-corrected chi connectivity index (χ1v) is 13.8. The molecule has 0 bridgehead atoms. The second kappa shape index (κ2) is 11.2. The highest BCUT2D eigenvalue weighted by Gasteiger charge is 2.39. The molecule has 1 saturated carbocycles. The van der Waals surface area contributed by atoms with Crippen LogP contribution in [0.4, 0.5) is 18.9 Å². The van der Waals surface area contributed by atoms with Crippen LogP contribution < -0.4 is 5.32 Å². The molecule has 1 amide bonds. The van der Waals surface area contributed by atoms with Gasteiger partial charge < -0.3 is 10.1 Å². The Balaban J connectivity index is 1.91. The Labute approximate surface area is 216 Å². The molecule has 3 rings (SSSR count). The van der Waals surface area contributed by atoms with Gasteiger partial charge in [-0.1, -0.05) is 26.3 Å². The number of benzene rings is 2. The average Bonchev–Trinajstić information content (AvgIpc) is 2.91. The lowest BCUT2D eigenvalue weighted by Gasteiger charge is -2.32. The predicted octanol–water partition coefficient (Wildman–Crippen LogP) is 6.41. The van der Waals surface area contributed by atoms with Crippen LogP contribution in [0, 0.1) is 41.6 Å². The van der Waals surface area contributed by atoms with Crippen LogP contribution in [0.3, 0.4) is 0 Å². The molecular formula is C28H32F3NO4S. The Hall–Kier alpha value is -2.94. The quantitative estimate of drug-likeness (QED) is 0.342. The Kier molecular flexibility index (Phi) is 8.67. The van der Waals surface area contributed by atoms with E-state index < -0.39 is 48.8 Å². The highest BCUT2D eigenvalue weighted by Crippen LogP contribution is 2.41. The van der Waals surface area contributed by atoms with E-state index in [2.05, 4.69) is 11.9 Å². The van der Waals surface area contributed by atoms with Gasteiger partial charge in [-0.05, 0) is 73.8 Å². The van der Waals surface area contributed by atoms with Gasteiger partial charge in [-0.3, -0.25) is 4.79 Å². The third kappa shape index (κ3) is 5.98. The predicted molar refractivity (Wildman–Crippen MR) is 137 cm³/mol. The lowest BCUT2D eigenvalue weighted by atomic mass is 9.72. The van der Waals surface area contributed by atoms with Gasteiger partial charge >= 0.3 is 0 Å². The van der Waals surface area contributed by atoms with E-state index in [-0.39, 0.29) is 35.1 Å². The smallest absolute Gasteiger partial charge is 0.255 e. The summed E-state index contributed by atoms with van der Waals surface area (Å²) in [6.45, 7) is 8.95. The van der Waals surface area contributed by atoms with E-state index in [9.17, 15) is 31.2 Å². The summed E-state index contributed by atoms with van der Waals surface area (Å²) >= 11 is 0. The van der Waals surface area contributed by atoms with Crippen molar-refractivity contribution in [2.45, 2.75) is 63.0 Å². The SMILES string of the molecule is C=CC1(C)CCC(C)C(S(=O)(=O)c2cc(C(=O)Nc3cc(C)c(F)c(F)c3)ccc2F)CCCC1C=O. The van der Waals surface area contributed by atoms with Crippen molar-refractivity contribution >= 4 is 27.7 Å². The third-order valence-electron chi connectivity index (χ3n) is 7.62. The van der Waals surface area contributed by atoms with Gasteiger partial charge in [0.25, 0.3) is 5.91 Å². The maximum atomic E-state index is 14.9. The van der Waals surface area contributed by atoms with E-state index >= 15 is 0 Å². The number of amides is 1. The molecule has 4 atom stereocenters. The Morgan fingerprint density at radius 3 is 2.43 bits per heavy atom. The van der Waals surface area contributed by atoms with Crippen LogP contribution in [0.5, 0.6) is 0 Å². The topological polar surface area (TPSA) is 80.3 Å². The van der Waals surface area contributed by atoms with E-state index in [0.717, 1.165) is 30.6 Å². The van der Waals surface area contributed by atoms with Crippen molar-refractivity contribution in [1.82, 2.24) is 0 Å². The molecule has 0 aromatic heterocycles. The summed E-state index contributed by atoms with van der Waals surface area (Å²) in [4.78, 5) is 23.9. The first-order chi connectivity index (χ1) is 17.3. The minimum Gasteiger partial charge on any atom is -0.322 e. The van der Waals surface area contributed by atoms with Crippen molar-refractivity contribution in [2.24, 2.45) is 17.3 Å². The van der Waals surface area contributed by atoms with Crippen molar-refractivity contribution in [3.63, 3.8) is 0 Å². The number of anilines is 1. The molecule has 2 aromatic rings. The molecule has 200 valence electrons. The van der Waals surface area contributed by atoms with Gasteiger partial charge in [0.1, 0.15) is 17.0 Å². The van der Waals surface area contributed by atoms with E-state index in [1.807, 2.05) is 6.92 Å². The van der Waals surface area contributed by atoms with Crippen LogP contribution in [0.25, 0.3) is 0 Å². The van der Waals surface area contributed by atoms with Crippen LogP contribution in [0.2, 0.25) is 0 Å². The summed E-state index contributed by atoms with van der Waals surface area (Å²) < 4.78 is 69.6. The summed E-state index contributed by atoms with van der Waals surface area (Å²) in [5, 5.41) is 1.49. The van der Waals surface area contributed by atoms with Gasteiger partial charge in [-0.15, -0.1) is 6.58 Å². The Morgan fingerprint density at radius 1 is 1.11 bits per heavy atom. The largest absolute Gasteiger partial charge is 0.322 e. The number of carbonyl (C=O) groups excluding carboxylic acids is 2. The second-order valence-electron chi connectivity index (χ2n) is 10.2. The molecule has 9 heteroatoms. The van der Waals surface area contributed by atoms with Crippen LogP contribution in [0.1, 0.15) is 61.9 Å². The molecule has 0 aliphatic heterocycles. The van der Waals surface area contributed by atoms with E-state index in [1.54, 1.807) is 13.0 Å². The van der Waals surface area contributed by atoms with Crippen molar-refractivity contribution in [2.75, 3.05) is 5.32 Å². The van der Waals surface area contributed by atoms with Gasteiger partial charge in [0.2, 0.25) is 0 Å². The molecule has 1 N–H and O–H groups in total. The maximum absolute atomic E-state index is 14.9. The first kappa shape index (κ1) is 28.6. The lowest BCUT2D eigenvalue weighted by molar-refractivity contribution is -0.114. The van der Waals surface area contributed by atoms with Crippen molar-refractivity contribution in [3.05, 3.63) is 71.6 Å². The van der Waals surface area contributed by atoms with Gasteiger partial charge in [0.15, 0.2) is 21.5 Å². The number of hydrogen-bond donors (Lipinski definition) is 1. The third-order valence-corrected chi connectivity index (χ3v) is 10.0. The van der Waals surface area contributed by atoms with Crippen molar-refractivity contribution in [1.29, 1.82) is 0 Å². The number of rotatable bonds is 6. The maximum Gasteiger partial charge on any atom is 0.255 e. The molecule has 37 heavy (non-hydrogen) atoms. The molecule has 5 nitrogen and oxygen atoms in total. The van der Waals surface area contributed by atoms with Crippen LogP contribution in [0.15, 0.2) is 47.9 Å². The number of nitrogens with one attached hydrogen (secondary N) is 1. The standard InChI is InChI=1S/C28H32F3NO4S/c1-5-28(4)12-11-17(2)24(8-6-7-20(28)16-33)37(35,36)25-14-19(9-10-22(25)29)27(34)32-21-13-18(3)26(31)23(30)15-21/h5,9-10,13-17,20,24H,1,6-8,11-12H2,2-4H3,(H,32,34). The minimum absolute atomic E-state index is 0.0174. The molecule has 1 aliphatic carbocycles. The number of carbonyl (C=O) groups is 2. The summed E-state index contributed by atoms with van der Waals surface area (Å²) in [5.41, 5.74) is -0.639. The van der Waals surface area contributed by atoms with Gasteiger partial charge in [0.05, 0.1) is 5.25 Å². The van der Waals surface area contributed by atoms with Gasteiger partial charge in [-0.2, -0.15) is 0 Å². The van der Waals surface area contributed by atoms with E-state index in [1.165, 1.54) is 13.0 Å². The average molecular weight is 536 g/mol. The minimum atomic E-state index is -4.19. The lowest BCUT2D eigenvalue weighted by Crippen LogP contribution is -2.30. The number of aldehydes is 1. The molecular weight excluding hydrogens is 503 g/mol. The van der Waals surface area contributed by atoms with Crippen molar-refractivity contribution in [3.8, 4) is 0 Å². The molecule has 0 spiro atoms. The zero-order valence-electron chi connectivity index (χ0n) is 21.2. The summed E-state index contributed by atoms with van der Waals surface area (Å²) in [6, 6.07) is 5.07. The molecule has 1 fully saturated rings. The van der Waals surface area contributed by atoms with Gasteiger partial charge in [0, 0.05) is 23.2 Å². The van der Waals surface area contributed by atoms with E-state index in [0.29, 0.717) is 25.7 Å². The summed E-state index contributed by atoms with van der Waals surface area (Å²) in [7, 11) is -4.19. The number of allylic oxidation sites excluding steroid dienone is 1. The fourth-order valence-electron chi connectivity index (χ4n) is 5.03. The Bertz CT molecular complexity index is 1290. The highest BCUT2D eigenvalue weighted by molar-refractivity contribution is 7.92. The second-order valence-corrected chi connectivity index (χ2v) is 12.3. The normalized spacial score (nSPS) is 24.9. The molecule has 4 unspecified atom stereocenters. The van der Waals surface area contributed by atoms with Gasteiger partial charge in [-0.25, -0.2) is 21.6 Å². The van der Waals surface area contributed by atoms with Crippen LogP contribution in [-0.4, -0.2) is 25.9 Å². The number of sulfone groups is 1. The first-order valence-electron chi connectivity index (χ1n) is 12.2. The van der Waals surface area contributed by atoms with Crippen molar-refractivity contribution < 1.29 is 31.2 Å². The number of aryl methyl sites for hydroxylation is 1. The van der Waals surface area contributed by atoms with E-state index in [4.69, 9.17) is 0 Å². The molecule has 1 aliphatic rings. The fraction of sp³-hybridized carbons (Fsp3) is 0.429. The molecule has 0 saturated heterocycles. The zero-order chi connectivity index (χ0) is 27.5. The summed E-state index contributed by atoms with van der Waals surface area (Å²) in [5.74, 6) is -4.57. The molecule has 2 aromatic carbocycles. The number of halogens is 3. The number of hydrogen-bond acceptors (Lipinski definition) is 4. The van der Waals surface area contributed by atoms with Crippen LogP contribution in [-0.2, 0) is 14.6 Å². The fourth-order valence-corrected chi connectivity index (χ4v) is 7.21. The summed E-state index contributed by atoms with van der Waals surface area (Å²) in [6.07, 6.45) is 4.90. The van der Waals surface area contributed by atoms with Crippen LogP contribution >= 0.6 is 0 Å². The molecule has 0 heterocycles. The highest BCUT2D eigenvalue weighted by atomic mass is 32.2. The molecule has 0 radical (unpaired) electrons. The monoisotopic (exact) mass is 535 g/mol. The zero-order valence-corrected chi connectivity index (χ0v) is 22.0. The Morgan fingerprint density at radius 2 is 1.81 bits per heavy atom.